The van der Waals surface area contributed by atoms with Gasteiger partial charge in [0, 0.05) is 22.2 Å². The van der Waals surface area contributed by atoms with Crippen molar-refractivity contribution in [1.29, 1.82) is 0 Å². The van der Waals surface area contributed by atoms with Gasteiger partial charge in [-0.25, -0.2) is 0 Å². The predicted octanol–water partition coefficient (Wildman–Crippen LogP) is 2.37. The van der Waals surface area contributed by atoms with Crippen molar-refractivity contribution in [3.63, 3.8) is 0 Å². The minimum atomic E-state index is -3.10. The molecule has 0 saturated heterocycles. The van der Waals surface area contributed by atoms with Crippen LogP contribution in [0.1, 0.15) is 42.7 Å². The topological polar surface area (TPSA) is 60.0 Å². The first-order valence-corrected chi connectivity index (χ1v) is 7.60. The summed E-state index contributed by atoms with van der Waals surface area (Å²) in [4.78, 5) is 0. The molecule has 0 aliphatic heterocycles. The van der Waals surface area contributed by atoms with Gasteiger partial charge in [-0.05, 0) is 31.5 Å². The van der Waals surface area contributed by atoms with E-state index in [1.807, 2.05) is 13.8 Å². The highest BCUT2D eigenvalue weighted by molar-refractivity contribution is 5.26. The van der Waals surface area contributed by atoms with E-state index in [9.17, 15) is 5.11 Å². The second kappa shape index (κ2) is 11.4. The van der Waals surface area contributed by atoms with Gasteiger partial charge < -0.3 is 24.6 Å². The summed E-state index contributed by atoms with van der Waals surface area (Å²) >= 11 is 0. The third kappa shape index (κ3) is 10.3. The molecule has 0 heterocycles. The van der Waals surface area contributed by atoms with E-state index < -0.39 is 32.4 Å². The Morgan fingerprint density at radius 1 is 1.22 bits per heavy atom. The van der Waals surface area contributed by atoms with E-state index in [4.69, 9.17) is 23.8 Å². The van der Waals surface area contributed by atoms with Crippen molar-refractivity contribution in [2.75, 3.05) is 26.4 Å². The van der Waals surface area contributed by atoms with E-state index in [1.54, 1.807) is 24.3 Å². The molecule has 0 aliphatic rings. The van der Waals surface area contributed by atoms with Gasteiger partial charge in [0.25, 0.3) is 0 Å². The van der Waals surface area contributed by atoms with Crippen molar-refractivity contribution in [3.8, 4) is 5.75 Å². The summed E-state index contributed by atoms with van der Waals surface area (Å²) < 4.78 is 68.1. The van der Waals surface area contributed by atoms with Crippen LogP contribution in [0.4, 0.5) is 0 Å². The Hall–Kier alpha value is -1.14. The quantitative estimate of drug-likeness (QED) is 0.576. The number of ether oxygens (including phenoxy) is 3. The number of hydrogen-bond acceptors (Lipinski definition) is 5. The molecule has 0 bridgehead atoms. The number of hydrogen-bond donors (Lipinski definition) is 2. The Morgan fingerprint density at radius 2 is 1.96 bits per heavy atom. The molecule has 1 atom stereocenters. The Labute approximate surface area is 149 Å². The molecule has 0 radical (unpaired) electrons. The van der Waals surface area contributed by atoms with Crippen molar-refractivity contribution in [2.45, 2.75) is 52.4 Å². The van der Waals surface area contributed by atoms with E-state index >= 15 is 0 Å². The van der Waals surface area contributed by atoms with Gasteiger partial charge in [-0.1, -0.05) is 25.8 Å². The van der Waals surface area contributed by atoms with Crippen LogP contribution in [0.3, 0.4) is 0 Å². The molecule has 1 rings (SSSR count). The Balaban J connectivity index is 2.43. The van der Waals surface area contributed by atoms with Crippen LogP contribution >= 0.6 is 0 Å². The maximum atomic E-state index is 10.00. The summed E-state index contributed by atoms with van der Waals surface area (Å²) in [5.74, 6) is 0.477. The van der Waals surface area contributed by atoms with Crippen molar-refractivity contribution in [1.82, 2.24) is 5.32 Å². The Bertz CT molecular complexity index is 606. The molecule has 0 saturated carbocycles. The Kier molecular flexibility index (Phi) is 5.66. The van der Waals surface area contributed by atoms with Crippen molar-refractivity contribution in [3.05, 3.63) is 29.8 Å². The smallest absolute Gasteiger partial charge is 0.119 e. The molecular weight excluding hydrogens is 294 g/mol. The fourth-order valence-electron chi connectivity index (χ4n) is 1.69. The van der Waals surface area contributed by atoms with Gasteiger partial charge in [-0.2, -0.15) is 0 Å². The first-order chi connectivity index (χ1) is 13.8. The molecule has 132 valence electrons. The third-order valence-corrected chi connectivity index (χ3v) is 2.83. The summed E-state index contributed by atoms with van der Waals surface area (Å²) in [6, 6.07) is 4.12. The van der Waals surface area contributed by atoms with Crippen LogP contribution in [-0.4, -0.2) is 49.7 Å². The zero-order chi connectivity index (χ0) is 23.0. The number of aliphatic hydroxyl groups is 1. The van der Waals surface area contributed by atoms with Crippen LogP contribution in [0, 0.1) is 0 Å². The van der Waals surface area contributed by atoms with Gasteiger partial charge in [0.2, 0.25) is 0 Å². The average molecular weight is 332 g/mol. The summed E-state index contributed by atoms with van der Waals surface area (Å²) in [5.41, 5.74) is 0.934. The number of benzene rings is 1. The first-order valence-electron chi connectivity index (χ1n) is 11.1. The molecule has 5 nitrogen and oxygen atoms in total. The first kappa shape index (κ1) is 11.4. The van der Waals surface area contributed by atoms with Gasteiger partial charge in [0.1, 0.15) is 18.5 Å². The summed E-state index contributed by atoms with van der Waals surface area (Å²) in [6.45, 7) is -1.49. The highest BCUT2D eigenvalue weighted by Crippen LogP contribution is 2.13. The second-order valence-electron chi connectivity index (χ2n) is 5.34. The molecule has 1 unspecified atom stereocenters. The van der Waals surface area contributed by atoms with Crippen LogP contribution in [-0.2, 0) is 16.1 Å². The number of aliphatic hydroxyl groups excluding tert-OH is 1. The highest BCUT2D eigenvalue weighted by atomic mass is 16.5. The molecular formula is C18H31NO4. The molecule has 1 aromatic carbocycles. The van der Waals surface area contributed by atoms with Crippen LogP contribution in [0.15, 0.2) is 24.3 Å². The number of rotatable bonds is 12. The molecule has 0 aromatic heterocycles. The zero-order valence-corrected chi connectivity index (χ0v) is 13.7. The molecule has 23 heavy (non-hydrogen) atoms. The van der Waals surface area contributed by atoms with Gasteiger partial charge in [-0.3, -0.25) is 0 Å². The molecule has 0 aliphatic carbocycles. The summed E-state index contributed by atoms with van der Waals surface area (Å²) in [7, 11) is 0. The largest absolute Gasteiger partial charge is 0.491 e. The van der Waals surface area contributed by atoms with E-state index in [0.29, 0.717) is 25.6 Å². The monoisotopic (exact) mass is 332 g/mol. The lowest BCUT2D eigenvalue weighted by molar-refractivity contribution is 0.0143. The fourth-order valence-corrected chi connectivity index (χ4v) is 1.69. The van der Waals surface area contributed by atoms with E-state index in [2.05, 4.69) is 5.32 Å². The fraction of sp³-hybridized carbons (Fsp3) is 0.667. The van der Waals surface area contributed by atoms with Crippen LogP contribution in [0.5, 0.6) is 5.75 Å². The van der Waals surface area contributed by atoms with Crippen molar-refractivity contribution < 1.29 is 28.9 Å². The molecule has 0 amide bonds. The van der Waals surface area contributed by atoms with Crippen LogP contribution in [0.2, 0.25) is 0 Å². The van der Waals surface area contributed by atoms with Crippen molar-refractivity contribution >= 4 is 0 Å². The maximum Gasteiger partial charge on any atom is 0.119 e. The standard InChI is InChI=1S/C18H31NO4/c1-14(2)19-11-17(20)13-23-18-7-5-16(6-8-18)12-21-9-10-22-15(3)4/h5-8,14-15,17,19-20H,9-13H2,1-4H3/i1D3,2D3,14D. The summed E-state index contributed by atoms with van der Waals surface area (Å²) in [5, 5.41) is 12.1. The lowest BCUT2D eigenvalue weighted by atomic mass is 10.2. The lowest BCUT2D eigenvalue weighted by Crippen LogP contribution is -2.35. The molecule has 1 aromatic rings. The minimum absolute atomic E-state index is 0.162. The summed E-state index contributed by atoms with van der Waals surface area (Å²) in [6.07, 6.45) is -1.04. The van der Waals surface area contributed by atoms with E-state index in [0.717, 1.165) is 5.56 Å². The Morgan fingerprint density at radius 3 is 2.61 bits per heavy atom. The van der Waals surface area contributed by atoms with Gasteiger partial charge in [0.05, 0.1) is 25.9 Å². The van der Waals surface area contributed by atoms with Crippen LogP contribution < -0.4 is 10.1 Å². The van der Waals surface area contributed by atoms with Gasteiger partial charge in [-0.15, -0.1) is 0 Å². The average Bonchev–Trinajstić information content (AvgIpc) is 2.63. The lowest BCUT2D eigenvalue weighted by Gasteiger charge is -2.15. The molecule has 0 fully saturated rings. The van der Waals surface area contributed by atoms with Gasteiger partial charge in [0.15, 0.2) is 0 Å². The number of nitrogens with one attached hydrogen (secondary N) is 1. The SMILES string of the molecule is [2H]C([2H])([2H])C([2H])(NCC(O)COc1ccc(COCCOC(C)C)cc1)C([2H])([2H])[2H]. The third-order valence-electron chi connectivity index (χ3n) is 2.83. The van der Waals surface area contributed by atoms with Crippen molar-refractivity contribution in [2.24, 2.45) is 0 Å². The maximum absolute atomic E-state index is 10.00. The zero-order valence-electron chi connectivity index (χ0n) is 20.7. The minimum Gasteiger partial charge on any atom is -0.491 e. The molecule has 0 spiro atoms. The molecule has 2 N–H and O–H groups in total. The van der Waals surface area contributed by atoms with Crippen LogP contribution in [0.25, 0.3) is 0 Å². The van der Waals surface area contributed by atoms with E-state index in [-0.39, 0.29) is 12.7 Å². The van der Waals surface area contributed by atoms with Gasteiger partial charge >= 0.3 is 0 Å². The normalized spacial score (nSPS) is 18.9. The second-order valence-corrected chi connectivity index (χ2v) is 5.34. The van der Waals surface area contributed by atoms with E-state index in [1.165, 1.54) is 0 Å². The molecule has 5 heteroatoms. The predicted molar refractivity (Wildman–Crippen MR) is 91.8 cm³/mol. The highest BCUT2D eigenvalue weighted by Gasteiger charge is 2.06.